The monoisotopic (exact) mass is 518 g/mol. The molecule has 3 heterocycles. The summed E-state index contributed by atoms with van der Waals surface area (Å²) in [6, 6.07) is 15.6. The number of methoxy groups -OCH3 is 1. The maximum Gasteiger partial charge on any atom is 0.337 e. The van der Waals surface area contributed by atoms with Crippen LogP contribution in [0.3, 0.4) is 0 Å². The van der Waals surface area contributed by atoms with Gasteiger partial charge < -0.3 is 34.6 Å². The van der Waals surface area contributed by atoms with Crippen molar-refractivity contribution >= 4 is 35.1 Å². The summed E-state index contributed by atoms with van der Waals surface area (Å²) in [4.78, 5) is 38.1. The van der Waals surface area contributed by atoms with Crippen molar-refractivity contribution in [3.63, 3.8) is 0 Å². The number of esters is 1. The number of urea groups is 1. The van der Waals surface area contributed by atoms with Gasteiger partial charge in [0.1, 0.15) is 5.82 Å². The van der Waals surface area contributed by atoms with Crippen LogP contribution in [-0.2, 0) is 14.2 Å². The Morgan fingerprint density at radius 1 is 0.789 bits per heavy atom. The first kappa shape index (κ1) is 25.4. The second kappa shape index (κ2) is 11.9. The number of benzene rings is 2. The zero-order chi connectivity index (χ0) is 26.3. The SMILES string of the molecule is COC(=O)c1ccc(NC(=O)Nc2ccc(-c3cc(N4CCOCC4)nc(N4CCOCC4)n3)cc2)cc1. The van der Waals surface area contributed by atoms with Crippen LogP contribution in [0.1, 0.15) is 10.4 Å². The van der Waals surface area contributed by atoms with E-state index in [9.17, 15) is 9.59 Å². The Hall–Kier alpha value is -4.22. The Bertz CT molecular complexity index is 1220. The van der Waals surface area contributed by atoms with Crippen molar-refractivity contribution < 1.29 is 23.8 Å². The summed E-state index contributed by atoms with van der Waals surface area (Å²) >= 11 is 0. The molecule has 2 aliphatic heterocycles. The van der Waals surface area contributed by atoms with Gasteiger partial charge in [0.25, 0.3) is 0 Å². The van der Waals surface area contributed by atoms with E-state index >= 15 is 0 Å². The zero-order valence-corrected chi connectivity index (χ0v) is 21.2. The predicted molar refractivity (Wildman–Crippen MR) is 144 cm³/mol. The number of nitrogens with one attached hydrogen (secondary N) is 2. The Morgan fingerprint density at radius 2 is 1.34 bits per heavy atom. The van der Waals surface area contributed by atoms with Gasteiger partial charge in [-0.3, -0.25) is 0 Å². The van der Waals surface area contributed by atoms with Crippen molar-refractivity contribution in [3.8, 4) is 11.3 Å². The molecule has 5 rings (SSSR count). The number of hydrogen-bond donors (Lipinski definition) is 2. The van der Waals surface area contributed by atoms with Gasteiger partial charge in [-0.15, -0.1) is 0 Å². The summed E-state index contributed by atoms with van der Waals surface area (Å²) in [6.07, 6.45) is 0. The molecule has 0 saturated carbocycles. The number of anilines is 4. The van der Waals surface area contributed by atoms with Crippen molar-refractivity contribution in [1.82, 2.24) is 9.97 Å². The molecule has 2 saturated heterocycles. The molecule has 38 heavy (non-hydrogen) atoms. The molecule has 0 bridgehead atoms. The molecular formula is C27H30N6O5. The van der Waals surface area contributed by atoms with E-state index in [0.29, 0.717) is 49.3 Å². The lowest BCUT2D eigenvalue weighted by Crippen LogP contribution is -2.39. The van der Waals surface area contributed by atoms with Crippen molar-refractivity contribution in [2.75, 3.05) is 80.1 Å². The zero-order valence-electron chi connectivity index (χ0n) is 21.2. The molecule has 11 heteroatoms. The fourth-order valence-corrected chi connectivity index (χ4v) is 4.25. The van der Waals surface area contributed by atoms with Crippen LogP contribution in [0.25, 0.3) is 11.3 Å². The number of carbonyl (C=O) groups is 2. The molecule has 1 aromatic heterocycles. The van der Waals surface area contributed by atoms with Crippen LogP contribution in [0, 0.1) is 0 Å². The summed E-state index contributed by atoms with van der Waals surface area (Å²) in [5.41, 5.74) is 3.32. The highest BCUT2D eigenvalue weighted by Gasteiger charge is 2.20. The van der Waals surface area contributed by atoms with E-state index in [4.69, 9.17) is 24.2 Å². The second-order valence-electron chi connectivity index (χ2n) is 8.84. The Kier molecular flexibility index (Phi) is 7.95. The minimum Gasteiger partial charge on any atom is -0.465 e. The third-order valence-corrected chi connectivity index (χ3v) is 6.33. The molecule has 0 atom stereocenters. The topological polar surface area (TPSA) is 118 Å². The molecule has 2 fully saturated rings. The number of carbonyl (C=O) groups excluding carboxylic acids is 2. The lowest BCUT2D eigenvalue weighted by atomic mass is 10.1. The van der Waals surface area contributed by atoms with Crippen LogP contribution in [0.4, 0.5) is 27.9 Å². The highest BCUT2D eigenvalue weighted by atomic mass is 16.5. The standard InChI is InChI=1S/C27H30N6O5/c1-36-25(34)20-4-8-22(9-5-20)29-27(35)28-21-6-2-19(3-7-21)23-18-24(32-10-14-37-15-11-32)31-26(30-23)33-12-16-38-17-13-33/h2-9,18H,10-17H2,1H3,(H2,28,29,35). The van der Waals surface area contributed by atoms with Gasteiger partial charge in [-0.25, -0.2) is 14.6 Å². The Morgan fingerprint density at radius 3 is 1.92 bits per heavy atom. The summed E-state index contributed by atoms with van der Waals surface area (Å²) in [6.45, 7) is 5.69. The summed E-state index contributed by atoms with van der Waals surface area (Å²) < 4.78 is 15.7. The highest BCUT2D eigenvalue weighted by molar-refractivity contribution is 6.00. The second-order valence-corrected chi connectivity index (χ2v) is 8.84. The van der Waals surface area contributed by atoms with E-state index in [2.05, 4.69) is 20.4 Å². The van der Waals surface area contributed by atoms with Crippen LogP contribution in [0.5, 0.6) is 0 Å². The fraction of sp³-hybridized carbons (Fsp3) is 0.333. The number of rotatable bonds is 6. The average Bonchev–Trinajstić information content (AvgIpc) is 2.98. The number of amides is 2. The smallest absolute Gasteiger partial charge is 0.337 e. The highest BCUT2D eigenvalue weighted by Crippen LogP contribution is 2.27. The van der Waals surface area contributed by atoms with Gasteiger partial charge in [0.05, 0.1) is 44.8 Å². The molecule has 2 N–H and O–H groups in total. The molecule has 11 nitrogen and oxygen atoms in total. The van der Waals surface area contributed by atoms with E-state index in [1.807, 2.05) is 30.3 Å². The minimum absolute atomic E-state index is 0.394. The van der Waals surface area contributed by atoms with Gasteiger partial charge in [-0.05, 0) is 36.4 Å². The molecule has 2 aromatic carbocycles. The van der Waals surface area contributed by atoms with Crippen LogP contribution in [-0.4, -0.2) is 81.7 Å². The van der Waals surface area contributed by atoms with E-state index in [1.54, 1.807) is 24.3 Å². The molecule has 2 aliphatic rings. The number of hydrogen-bond acceptors (Lipinski definition) is 9. The van der Waals surface area contributed by atoms with Gasteiger partial charge in [-0.2, -0.15) is 4.98 Å². The van der Waals surface area contributed by atoms with Gasteiger partial charge in [0.2, 0.25) is 5.95 Å². The molecule has 3 aromatic rings. The Balaban J connectivity index is 1.29. The van der Waals surface area contributed by atoms with Gasteiger partial charge in [0.15, 0.2) is 0 Å². The lowest BCUT2D eigenvalue weighted by Gasteiger charge is -2.31. The number of aromatic nitrogens is 2. The molecule has 0 unspecified atom stereocenters. The molecule has 0 radical (unpaired) electrons. The molecule has 0 spiro atoms. The van der Waals surface area contributed by atoms with Gasteiger partial charge in [0, 0.05) is 49.2 Å². The van der Waals surface area contributed by atoms with E-state index in [-0.39, 0.29) is 0 Å². The molecule has 2 amide bonds. The van der Waals surface area contributed by atoms with Crippen molar-refractivity contribution in [1.29, 1.82) is 0 Å². The third kappa shape index (κ3) is 6.18. The molecule has 198 valence electrons. The number of nitrogens with zero attached hydrogens (tertiary/aromatic N) is 4. The lowest BCUT2D eigenvalue weighted by molar-refractivity contribution is 0.0600. The quantitative estimate of drug-likeness (QED) is 0.474. The van der Waals surface area contributed by atoms with Gasteiger partial charge >= 0.3 is 12.0 Å². The van der Waals surface area contributed by atoms with E-state index in [1.165, 1.54) is 7.11 Å². The van der Waals surface area contributed by atoms with E-state index in [0.717, 1.165) is 43.3 Å². The maximum absolute atomic E-state index is 12.5. The minimum atomic E-state index is -0.432. The van der Waals surface area contributed by atoms with Crippen molar-refractivity contribution in [2.24, 2.45) is 0 Å². The summed E-state index contributed by atoms with van der Waals surface area (Å²) in [5, 5.41) is 5.58. The van der Waals surface area contributed by atoms with Crippen LogP contribution >= 0.6 is 0 Å². The van der Waals surface area contributed by atoms with Gasteiger partial charge in [-0.1, -0.05) is 12.1 Å². The maximum atomic E-state index is 12.5. The first-order valence-corrected chi connectivity index (χ1v) is 12.5. The fourth-order valence-electron chi connectivity index (χ4n) is 4.25. The van der Waals surface area contributed by atoms with Crippen LogP contribution in [0.15, 0.2) is 54.6 Å². The predicted octanol–water partition coefficient (Wildman–Crippen LogP) is 3.25. The number of morpholine rings is 2. The first-order chi connectivity index (χ1) is 18.6. The Labute approximate surface area is 220 Å². The van der Waals surface area contributed by atoms with Crippen molar-refractivity contribution in [2.45, 2.75) is 0 Å². The van der Waals surface area contributed by atoms with Crippen molar-refractivity contribution in [3.05, 3.63) is 60.2 Å². The first-order valence-electron chi connectivity index (χ1n) is 12.5. The summed E-state index contributed by atoms with van der Waals surface area (Å²) in [7, 11) is 1.32. The summed E-state index contributed by atoms with van der Waals surface area (Å²) in [5.74, 6) is 1.13. The number of ether oxygens (including phenoxy) is 3. The normalized spacial score (nSPS) is 15.6. The molecular weight excluding hydrogens is 488 g/mol. The van der Waals surface area contributed by atoms with Crippen LogP contribution < -0.4 is 20.4 Å². The van der Waals surface area contributed by atoms with Crippen LogP contribution in [0.2, 0.25) is 0 Å². The average molecular weight is 519 g/mol. The third-order valence-electron chi connectivity index (χ3n) is 6.33. The molecule has 0 aliphatic carbocycles. The van der Waals surface area contributed by atoms with E-state index < -0.39 is 12.0 Å². The largest absolute Gasteiger partial charge is 0.465 e.